The Morgan fingerprint density at radius 1 is 0.889 bits per heavy atom. The number of fused-ring (bicyclic) bond motifs is 2. The first-order valence-corrected chi connectivity index (χ1v) is 19.7. The van der Waals surface area contributed by atoms with Crippen molar-refractivity contribution in [3.8, 4) is 17.2 Å². The molecule has 12 nitrogen and oxygen atoms in total. The van der Waals surface area contributed by atoms with Gasteiger partial charge in [0.1, 0.15) is 29.5 Å². The van der Waals surface area contributed by atoms with E-state index in [0.717, 1.165) is 98.1 Å². The van der Waals surface area contributed by atoms with Gasteiger partial charge in [0, 0.05) is 37.2 Å². The third kappa shape index (κ3) is 7.72. The van der Waals surface area contributed by atoms with Crippen molar-refractivity contribution in [2.45, 2.75) is 89.4 Å². The number of nitrogens with zero attached hydrogens (tertiary/aromatic N) is 7. The van der Waals surface area contributed by atoms with Crippen LogP contribution in [-0.4, -0.2) is 74.6 Å². The highest BCUT2D eigenvalue weighted by Crippen LogP contribution is 2.39. The maximum atomic E-state index is 13.8. The number of likely N-dealkylation sites (N-methyl/N-ethyl adjacent to an activating group) is 1. The summed E-state index contributed by atoms with van der Waals surface area (Å²) in [5.74, 6) is 2.79. The molecular weight excluding hydrogens is 702 g/mol. The van der Waals surface area contributed by atoms with Crippen LogP contribution in [0, 0.1) is 0 Å². The van der Waals surface area contributed by atoms with Gasteiger partial charge in [-0.3, -0.25) is 9.72 Å². The fourth-order valence-electron chi connectivity index (χ4n) is 7.88. The number of amides is 2. The zero-order valence-electron chi connectivity index (χ0n) is 31.6. The first-order valence-electron chi connectivity index (χ1n) is 19.3. The molecule has 2 aromatic carbocycles. The number of anilines is 2. The lowest BCUT2D eigenvalue weighted by Gasteiger charge is -2.32. The Balaban J connectivity index is 0.992. The zero-order valence-corrected chi connectivity index (χ0v) is 32.4. The van der Waals surface area contributed by atoms with Crippen LogP contribution >= 0.6 is 11.6 Å². The molecule has 5 heterocycles. The van der Waals surface area contributed by atoms with E-state index in [-0.39, 0.29) is 29.7 Å². The third-order valence-corrected chi connectivity index (χ3v) is 11.1. The van der Waals surface area contributed by atoms with Gasteiger partial charge in [0.2, 0.25) is 5.95 Å². The number of aromatic nitrogens is 5. The fraction of sp³-hybridized carbons (Fsp3) is 0.463. The van der Waals surface area contributed by atoms with E-state index in [1.807, 2.05) is 59.1 Å². The first-order chi connectivity index (χ1) is 26.1. The van der Waals surface area contributed by atoms with Gasteiger partial charge in [-0.05, 0) is 93.9 Å². The van der Waals surface area contributed by atoms with Gasteiger partial charge in [0.05, 0.1) is 28.6 Å². The number of likely N-dealkylation sites (tertiary alicyclic amines) is 1. The lowest BCUT2D eigenvalue weighted by atomic mass is 9.85. The summed E-state index contributed by atoms with van der Waals surface area (Å²) < 4.78 is 16.9. The van der Waals surface area contributed by atoms with Gasteiger partial charge in [0.15, 0.2) is 5.65 Å². The van der Waals surface area contributed by atoms with Crippen molar-refractivity contribution >= 4 is 35.0 Å². The summed E-state index contributed by atoms with van der Waals surface area (Å²) >= 11 is 6.64. The van der Waals surface area contributed by atoms with Crippen LogP contribution in [0.5, 0.6) is 11.5 Å². The molecule has 2 N–H and O–H groups in total. The number of rotatable bonds is 8. The molecule has 8 rings (SSSR count). The highest BCUT2D eigenvalue weighted by molar-refractivity contribution is 6.32. The minimum atomic E-state index is -0.310. The highest BCUT2D eigenvalue weighted by atomic mass is 35.5. The Hall–Kier alpha value is -4.81. The first kappa shape index (κ1) is 36.2. The topological polar surface area (TPSA) is 114 Å². The molecule has 3 atom stereocenters. The summed E-state index contributed by atoms with van der Waals surface area (Å²) in [5, 5.41) is 20.8. The van der Waals surface area contributed by atoms with E-state index in [2.05, 4.69) is 70.6 Å². The molecule has 2 amide bonds. The van der Waals surface area contributed by atoms with Gasteiger partial charge in [-0.2, -0.15) is 5.10 Å². The molecule has 2 saturated heterocycles. The van der Waals surface area contributed by atoms with Crippen molar-refractivity contribution in [3.05, 3.63) is 88.7 Å². The van der Waals surface area contributed by atoms with Crippen LogP contribution < -0.4 is 25.0 Å². The van der Waals surface area contributed by atoms with Crippen LogP contribution in [0.1, 0.15) is 94.7 Å². The molecule has 0 bridgehead atoms. The maximum absolute atomic E-state index is 13.8. The third-order valence-electron chi connectivity index (χ3n) is 10.8. The number of carbonyl (C=O) groups excluding carboxylic acids is 1. The number of benzene rings is 2. The number of piperidine rings is 2. The Morgan fingerprint density at radius 2 is 1.70 bits per heavy atom. The van der Waals surface area contributed by atoms with E-state index >= 15 is 0 Å². The normalized spacial score (nSPS) is 20.8. The Labute approximate surface area is 321 Å². The van der Waals surface area contributed by atoms with E-state index < -0.39 is 0 Å². The molecule has 3 aromatic heterocycles. The molecule has 54 heavy (non-hydrogen) atoms. The summed E-state index contributed by atoms with van der Waals surface area (Å²) in [6.07, 6.45) is 8.97. The average molecular weight is 752 g/mol. The van der Waals surface area contributed by atoms with Gasteiger partial charge < -0.3 is 24.6 Å². The molecule has 5 aromatic rings. The molecule has 2 fully saturated rings. The lowest BCUT2D eigenvalue weighted by Crippen LogP contribution is -2.38. The Kier molecular flexibility index (Phi) is 10.1. The van der Waals surface area contributed by atoms with Crippen LogP contribution in [0.2, 0.25) is 5.02 Å². The molecule has 3 aliphatic rings. The van der Waals surface area contributed by atoms with Crippen molar-refractivity contribution < 1.29 is 14.3 Å². The van der Waals surface area contributed by atoms with Crippen molar-refractivity contribution in [3.63, 3.8) is 0 Å². The van der Waals surface area contributed by atoms with Crippen molar-refractivity contribution in [2.24, 2.45) is 0 Å². The Morgan fingerprint density at radius 3 is 2.50 bits per heavy atom. The van der Waals surface area contributed by atoms with Gasteiger partial charge in [-0.25, -0.2) is 9.48 Å². The number of urea groups is 1. The quantitative estimate of drug-likeness (QED) is 0.164. The molecule has 0 saturated carbocycles. The summed E-state index contributed by atoms with van der Waals surface area (Å²) in [6.45, 7) is 10.2. The van der Waals surface area contributed by atoms with Crippen molar-refractivity contribution in [2.75, 3.05) is 43.4 Å². The van der Waals surface area contributed by atoms with E-state index in [4.69, 9.17) is 26.2 Å². The minimum Gasteiger partial charge on any atom is -0.487 e. The lowest BCUT2D eigenvalue weighted by molar-refractivity contribution is 0.104. The second-order valence-electron chi connectivity index (χ2n) is 15.9. The maximum Gasteiger partial charge on any atom is 0.320 e. The second-order valence-corrected chi connectivity index (χ2v) is 16.3. The van der Waals surface area contributed by atoms with Crippen LogP contribution in [-0.2, 0) is 5.41 Å². The highest BCUT2D eigenvalue weighted by Gasteiger charge is 2.31. The number of pyridine rings is 1. The summed E-state index contributed by atoms with van der Waals surface area (Å²) in [7, 11) is 2.11. The number of ether oxygens (including phenoxy) is 2. The molecule has 0 spiro atoms. The van der Waals surface area contributed by atoms with E-state index in [1.165, 1.54) is 6.42 Å². The van der Waals surface area contributed by atoms with Crippen LogP contribution in [0.25, 0.3) is 11.3 Å². The van der Waals surface area contributed by atoms with Gasteiger partial charge in [-0.1, -0.05) is 56.6 Å². The second kappa shape index (κ2) is 15.1. The number of hydrogen-bond donors (Lipinski definition) is 2. The minimum absolute atomic E-state index is 0.0565. The van der Waals surface area contributed by atoms with Gasteiger partial charge in [-0.15, -0.1) is 10.2 Å². The molecule has 2 aliphatic heterocycles. The monoisotopic (exact) mass is 751 g/mol. The predicted molar refractivity (Wildman–Crippen MR) is 211 cm³/mol. The van der Waals surface area contributed by atoms with E-state index in [9.17, 15) is 4.79 Å². The molecule has 284 valence electrons. The van der Waals surface area contributed by atoms with Crippen LogP contribution in [0.15, 0.2) is 66.9 Å². The number of nitrogens with one attached hydrogen (secondary N) is 2. The SMILES string of the molecule is CN1CCCC(Oc2cc(-n3nc(C(C)(C)C)cc3NC(=O)N[C@H]3CC[C@@H](Oc4ccc5nnc(N6CCCCC6)n5c4)c4ccccc43)ccc2Cl)C1. The Bertz CT molecular complexity index is 2120. The van der Waals surface area contributed by atoms with Crippen LogP contribution in [0.3, 0.4) is 0 Å². The van der Waals surface area contributed by atoms with E-state index in [1.54, 1.807) is 4.68 Å². The molecular formula is C41H50ClN9O3. The van der Waals surface area contributed by atoms with Gasteiger partial charge in [0.25, 0.3) is 0 Å². The standard InChI is InChI=1S/C41H50ClN9O3/c1-41(2,3)36-24-38(51(47-36)27-14-16-32(42)35(23-27)54-28-11-10-20-48(4)25-28)44-39(52)43-33-17-18-34(31-13-7-6-12-30(31)33)53-29-15-19-37-45-46-40(50(37)26-29)49-21-8-5-9-22-49/h6-7,12-16,19,23-24,26,28,33-34H,5,8-11,17-18,20-22,25H2,1-4H3,(H2,43,44,52)/t28?,33-,34+/m0/s1. The average Bonchev–Trinajstić information content (AvgIpc) is 3.79. The predicted octanol–water partition coefficient (Wildman–Crippen LogP) is 8.11. The number of carbonyl (C=O) groups is 1. The number of hydrogen-bond acceptors (Lipinski definition) is 8. The van der Waals surface area contributed by atoms with Gasteiger partial charge >= 0.3 is 6.03 Å². The number of halogens is 1. The summed E-state index contributed by atoms with van der Waals surface area (Å²) in [6, 6.07) is 19.2. The molecule has 0 radical (unpaired) electrons. The largest absolute Gasteiger partial charge is 0.487 e. The zero-order chi connectivity index (χ0) is 37.4. The molecule has 13 heteroatoms. The molecule has 1 aliphatic carbocycles. The van der Waals surface area contributed by atoms with E-state index in [0.29, 0.717) is 23.0 Å². The molecule has 1 unspecified atom stereocenters. The van der Waals surface area contributed by atoms with Crippen LogP contribution in [0.4, 0.5) is 16.6 Å². The fourth-order valence-corrected chi connectivity index (χ4v) is 8.04. The summed E-state index contributed by atoms with van der Waals surface area (Å²) in [5.41, 5.74) is 4.25. The smallest absolute Gasteiger partial charge is 0.320 e. The van der Waals surface area contributed by atoms with Crippen molar-refractivity contribution in [1.82, 2.24) is 34.6 Å². The van der Waals surface area contributed by atoms with Crippen molar-refractivity contribution in [1.29, 1.82) is 0 Å². The summed E-state index contributed by atoms with van der Waals surface area (Å²) in [4.78, 5) is 18.4.